The number of rotatable bonds is 8. The lowest BCUT2D eigenvalue weighted by Gasteiger charge is -2.10. The quantitative estimate of drug-likeness (QED) is 0.498. The SMILES string of the molecule is PCc1ccccc1OCCCCCc1ccccc1. The van der Waals surface area contributed by atoms with Gasteiger partial charge in [-0.2, -0.15) is 0 Å². The molecule has 2 rings (SSSR count). The van der Waals surface area contributed by atoms with Gasteiger partial charge in [-0.15, -0.1) is 9.24 Å². The molecular formula is C18H23OP. The van der Waals surface area contributed by atoms with Gasteiger partial charge in [0.1, 0.15) is 5.75 Å². The minimum atomic E-state index is 0.816. The molecule has 0 spiro atoms. The Labute approximate surface area is 124 Å². The first-order chi connectivity index (χ1) is 9.90. The van der Waals surface area contributed by atoms with E-state index in [9.17, 15) is 0 Å². The summed E-state index contributed by atoms with van der Waals surface area (Å²) in [4.78, 5) is 0. The van der Waals surface area contributed by atoms with Crippen LogP contribution in [-0.2, 0) is 12.6 Å². The molecule has 0 bridgehead atoms. The van der Waals surface area contributed by atoms with E-state index in [0.717, 1.165) is 24.9 Å². The summed E-state index contributed by atoms with van der Waals surface area (Å²) in [5, 5.41) is 0. The van der Waals surface area contributed by atoms with E-state index >= 15 is 0 Å². The molecule has 2 aromatic rings. The molecule has 1 unspecified atom stereocenters. The molecule has 0 radical (unpaired) electrons. The van der Waals surface area contributed by atoms with Crippen LogP contribution < -0.4 is 4.74 Å². The van der Waals surface area contributed by atoms with Crippen molar-refractivity contribution >= 4 is 9.24 Å². The van der Waals surface area contributed by atoms with Crippen LogP contribution in [0.15, 0.2) is 54.6 Å². The predicted molar refractivity (Wildman–Crippen MR) is 89.3 cm³/mol. The van der Waals surface area contributed by atoms with Crippen LogP contribution in [0.5, 0.6) is 5.75 Å². The van der Waals surface area contributed by atoms with E-state index in [4.69, 9.17) is 4.74 Å². The van der Waals surface area contributed by atoms with E-state index in [-0.39, 0.29) is 0 Å². The summed E-state index contributed by atoms with van der Waals surface area (Å²) in [6.07, 6.45) is 5.70. The van der Waals surface area contributed by atoms with E-state index in [2.05, 4.69) is 57.8 Å². The molecule has 0 amide bonds. The molecule has 106 valence electrons. The zero-order valence-electron chi connectivity index (χ0n) is 11.9. The average Bonchev–Trinajstić information content (AvgIpc) is 2.52. The molecule has 0 aliphatic rings. The lowest BCUT2D eigenvalue weighted by Crippen LogP contribution is -1.99. The van der Waals surface area contributed by atoms with Crippen LogP contribution >= 0.6 is 9.24 Å². The molecule has 20 heavy (non-hydrogen) atoms. The summed E-state index contributed by atoms with van der Waals surface area (Å²) in [6, 6.07) is 19.0. The number of para-hydroxylation sites is 1. The van der Waals surface area contributed by atoms with Gasteiger partial charge in [-0.1, -0.05) is 48.5 Å². The van der Waals surface area contributed by atoms with Gasteiger partial charge in [0.05, 0.1) is 6.61 Å². The highest BCUT2D eigenvalue weighted by atomic mass is 31.0. The van der Waals surface area contributed by atoms with Crippen molar-refractivity contribution in [3.63, 3.8) is 0 Å². The largest absolute Gasteiger partial charge is 0.493 e. The highest BCUT2D eigenvalue weighted by Crippen LogP contribution is 2.20. The molecule has 0 N–H and O–H groups in total. The predicted octanol–water partition coefficient (Wildman–Crippen LogP) is 4.85. The van der Waals surface area contributed by atoms with Gasteiger partial charge in [-0.05, 0) is 49.0 Å². The maximum absolute atomic E-state index is 5.87. The summed E-state index contributed by atoms with van der Waals surface area (Å²) in [6.45, 7) is 0.816. The van der Waals surface area contributed by atoms with Crippen molar-refractivity contribution in [3.05, 3.63) is 65.7 Å². The number of hydrogen-bond acceptors (Lipinski definition) is 1. The molecule has 0 aliphatic carbocycles. The first-order valence-corrected chi connectivity index (χ1v) is 8.16. The lowest BCUT2D eigenvalue weighted by molar-refractivity contribution is 0.303. The van der Waals surface area contributed by atoms with E-state index in [0.29, 0.717) is 0 Å². The van der Waals surface area contributed by atoms with Crippen molar-refractivity contribution in [2.45, 2.75) is 31.8 Å². The second kappa shape index (κ2) is 8.76. The van der Waals surface area contributed by atoms with Crippen LogP contribution in [0.3, 0.4) is 0 Å². The fraction of sp³-hybridized carbons (Fsp3) is 0.333. The van der Waals surface area contributed by atoms with E-state index in [1.165, 1.54) is 30.4 Å². The Bertz CT molecular complexity index is 496. The van der Waals surface area contributed by atoms with Gasteiger partial charge in [0, 0.05) is 0 Å². The monoisotopic (exact) mass is 286 g/mol. The minimum Gasteiger partial charge on any atom is -0.493 e. The van der Waals surface area contributed by atoms with E-state index < -0.39 is 0 Å². The lowest BCUT2D eigenvalue weighted by atomic mass is 10.1. The normalized spacial score (nSPS) is 10.4. The highest BCUT2D eigenvalue weighted by molar-refractivity contribution is 7.15. The van der Waals surface area contributed by atoms with Gasteiger partial charge < -0.3 is 4.74 Å². The Morgan fingerprint density at radius 2 is 1.55 bits per heavy atom. The summed E-state index contributed by atoms with van der Waals surface area (Å²) in [5.74, 6) is 1.03. The Hall–Kier alpha value is -1.33. The summed E-state index contributed by atoms with van der Waals surface area (Å²) < 4.78 is 5.87. The third-order valence-electron chi connectivity index (χ3n) is 3.40. The Morgan fingerprint density at radius 3 is 2.35 bits per heavy atom. The van der Waals surface area contributed by atoms with Crippen molar-refractivity contribution in [2.75, 3.05) is 6.61 Å². The van der Waals surface area contributed by atoms with Gasteiger partial charge in [0.15, 0.2) is 0 Å². The number of ether oxygens (including phenoxy) is 1. The van der Waals surface area contributed by atoms with Crippen molar-refractivity contribution < 1.29 is 4.74 Å². The maximum atomic E-state index is 5.87. The van der Waals surface area contributed by atoms with Crippen molar-refractivity contribution in [1.29, 1.82) is 0 Å². The van der Waals surface area contributed by atoms with Crippen molar-refractivity contribution in [1.82, 2.24) is 0 Å². The standard InChI is InChI=1S/C18H23OP/c20-15-17-12-6-7-13-18(17)19-14-8-2-5-11-16-9-3-1-4-10-16/h1,3-4,6-7,9-10,12-13H,2,5,8,11,14-15,20H2. The van der Waals surface area contributed by atoms with Crippen LogP contribution in [0.1, 0.15) is 30.4 Å². The second-order valence-electron chi connectivity index (χ2n) is 4.96. The van der Waals surface area contributed by atoms with Gasteiger partial charge in [-0.3, -0.25) is 0 Å². The average molecular weight is 286 g/mol. The molecule has 0 saturated carbocycles. The third kappa shape index (κ3) is 4.98. The first kappa shape index (κ1) is 15.1. The Balaban J connectivity index is 1.62. The van der Waals surface area contributed by atoms with Gasteiger partial charge in [0.25, 0.3) is 0 Å². The second-order valence-corrected chi connectivity index (χ2v) is 5.36. The molecule has 0 aromatic heterocycles. The van der Waals surface area contributed by atoms with Crippen LogP contribution in [0, 0.1) is 0 Å². The van der Waals surface area contributed by atoms with Gasteiger partial charge in [0.2, 0.25) is 0 Å². The number of unbranched alkanes of at least 4 members (excludes halogenated alkanes) is 2. The zero-order chi connectivity index (χ0) is 14.0. The topological polar surface area (TPSA) is 9.23 Å². The van der Waals surface area contributed by atoms with Gasteiger partial charge in [-0.25, -0.2) is 0 Å². The van der Waals surface area contributed by atoms with Crippen LogP contribution in [-0.4, -0.2) is 6.61 Å². The van der Waals surface area contributed by atoms with Gasteiger partial charge >= 0.3 is 0 Å². The summed E-state index contributed by atoms with van der Waals surface area (Å²) >= 11 is 0. The maximum Gasteiger partial charge on any atom is 0.122 e. The zero-order valence-corrected chi connectivity index (χ0v) is 13.1. The Kier molecular flexibility index (Phi) is 6.60. The van der Waals surface area contributed by atoms with E-state index in [1.54, 1.807) is 0 Å². The number of aryl methyl sites for hydroxylation is 1. The van der Waals surface area contributed by atoms with Crippen LogP contribution in [0.25, 0.3) is 0 Å². The molecule has 2 aromatic carbocycles. The van der Waals surface area contributed by atoms with Crippen molar-refractivity contribution in [3.8, 4) is 5.75 Å². The van der Waals surface area contributed by atoms with E-state index in [1.807, 2.05) is 6.07 Å². The molecule has 0 fully saturated rings. The first-order valence-electron chi connectivity index (χ1n) is 7.35. The molecular weight excluding hydrogens is 263 g/mol. The number of benzene rings is 2. The van der Waals surface area contributed by atoms with Crippen LogP contribution in [0.2, 0.25) is 0 Å². The van der Waals surface area contributed by atoms with Crippen molar-refractivity contribution in [2.24, 2.45) is 0 Å². The minimum absolute atomic E-state index is 0.816. The molecule has 0 saturated heterocycles. The molecule has 0 aliphatic heterocycles. The fourth-order valence-electron chi connectivity index (χ4n) is 2.25. The Morgan fingerprint density at radius 1 is 0.800 bits per heavy atom. The molecule has 0 heterocycles. The molecule has 1 atom stereocenters. The summed E-state index contributed by atoms with van der Waals surface area (Å²) in [5.41, 5.74) is 2.70. The van der Waals surface area contributed by atoms with Crippen LogP contribution in [0.4, 0.5) is 0 Å². The molecule has 1 nitrogen and oxygen atoms in total. The molecule has 2 heteroatoms. The third-order valence-corrected chi connectivity index (χ3v) is 3.84. The highest BCUT2D eigenvalue weighted by Gasteiger charge is 2.00. The number of hydrogen-bond donors (Lipinski definition) is 0. The smallest absolute Gasteiger partial charge is 0.122 e. The fourth-order valence-corrected chi connectivity index (χ4v) is 2.59. The summed E-state index contributed by atoms with van der Waals surface area (Å²) in [7, 11) is 2.76.